The molecule has 0 aromatic rings. The van der Waals surface area contributed by atoms with Crippen molar-refractivity contribution >= 4 is 23.6 Å². The molecular formula is C10H17NO3S. The fraction of sp³-hybridized carbons (Fsp3) is 0.800. The molecule has 1 rings (SSSR count). The topological polar surface area (TPSA) is 57.6 Å². The lowest BCUT2D eigenvalue weighted by molar-refractivity contribution is -0.138. The zero-order valence-corrected chi connectivity index (χ0v) is 9.76. The summed E-state index contributed by atoms with van der Waals surface area (Å²) in [6.07, 6.45) is 0.436. The summed E-state index contributed by atoms with van der Waals surface area (Å²) in [6.45, 7) is 3.43. The first-order valence-corrected chi connectivity index (χ1v) is 6.32. The molecule has 1 amide bonds. The maximum Gasteiger partial charge on any atom is 0.303 e. The number of rotatable bonds is 4. The van der Waals surface area contributed by atoms with E-state index in [0.29, 0.717) is 6.42 Å². The zero-order valence-electron chi connectivity index (χ0n) is 8.94. The van der Waals surface area contributed by atoms with Crippen molar-refractivity contribution in [3.8, 4) is 0 Å². The van der Waals surface area contributed by atoms with Gasteiger partial charge in [0.1, 0.15) is 0 Å². The van der Waals surface area contributed by atoms with E-state index < -0.39 is 5.97 Å². The summed E-state index contributed by atoms with van der Waals surface area (Å²) in [7, 11) is 0. The van der Waals surface area contributed by atoms with Gasteiger partial charge in [0.2, 0.25) is 5.91 Å². The first-order valence-electron chi connectivity index (χ1n) is 5.17. The van der Waals surface area contributed by atoms with Crippen molar-refractivity contribution in [1.82, 2.24) is 4.90 Å². The highest BCUT2D eigenvalue weighted by atomic mass is 32.2. The van der Waals surface area contributed by atoms with Crippen LogP contribution < -0.4 is 0 Å². The fourth-order valence-corrected chi connectivity index (χ4v) is 2.51. The maximum atomic E-state index is 11.7. The standard InChI is InChI=1S/C10H17NO3S/c1-8(7-10(13)14)6-9(12)11-2-4-15-5-3-11/h8H,2-7H2,1H3,(H,13,14). The number of carbonyl (C=O) groups excluding carboxylic acids is 1. The third kappa shape index (κ3) is 4.55. The van der Waals surface area contributed by atoms with Crippen LogP contribution in [0.1, 0.15) is 19.8 Å². The van der Waals surface area contributed by atoms with Crippen molar-refractivity contribution in [2.75, 3.05) is 24.6 Å². The summed E-state index contributed by atoms with van der Waals surface area (Å²) in [5.74, 6) is 1.20. The Morgan fingerprint density at radius 3 is 2.47 bits per heavy atom. The highest BCUT2D eigenvalue weighted by Crippen LogP contribution is 2.14. The molecule has 86 valence electrons. The van der Waals surface area contributed by atoms with E-state index >= 15 is 0 Å². The van der Waals surface area contributed by atoms with Crippen molar-refractivity contribution in [2.24, 2.45) is 5.92 Å². The van der Waals surface area contributed by atoms with Gasteiger partial charge in [0, 0.05) is 37.4 Å². The molecule has 4 nitrogen and oxygen atoms in total. The number of hydrogen-bond acceptors (Lipinski definition) is 3. The summed E-state index contributed by atoms with van der Waals surface area (Å²) < 4.78 is 0. The van der Waals surface area contributed by atoms with Gasteiger partial charge in [-0.05, 0) is 5.92 Å². The Labute approximate surface area is 94.0 Å². The van der Waals surface area contributed by atoms with Gasteiger partial charge >= 0.3 is 5.97 Å². The molecule has 0 aromatic carbocycles. The Balaban J connectivity index is 2.30. The second-order valence-electron chi connectivity index (χ2n) is 3.90. The van der Waals surface area contributed by atoms with Gasteiger partial charge in [-0.2, -0.15) is 11.8 Å². The second kappa shape index (κ2) is 6.00. The Morgan fingerprint density at radius 2 is 1.93 bits per heavy atom. The van der Waals surface area contributed by atoms with Crippen molar-refractivity contribution in [2.45, 2.75) is 19.8 Å². The van der Waals surface area contributed by atoms with Crippen LogP contribution in [0.3, 0.4) is 0 Å². The SMILES string of the molecule is CC(CC(=O)O)CC(=O)N1CCSCC1. The van der Waals surface area contributed by atoms with Crippen LogP contribution in [0.4, 0.5) is 0 Å². The van der Waals surface area contributed by atoms with Crippen LogP contribution in [0.5, 0.6) is 0 Å². The first-order chi connectivity index (χ1) is 7.09. The quantitative estimate of drug-likeness (QED) is 0.786. The molecule has 15 heavy (non-hydrogen) atoms. The van der Waals surface area contributed by atoms with Gasteiger partial charge in [-0.3, -0.25) is 9.59 Å². The normalized spacial score (nSPS) is 18.6. The number of carbonyl (C=O) groups is 2. The lowest BCUT2D eigenvalue weighted by Crippen LogP contribution is -2.38. The number of amides is 1. The van der Waals surface area contributed by atoms with Crippen LogP contribution in [-0.4, -0.2) is 46.5 Å². The molecule has 1 heterocycles. The minimum absolute atomic E-state index is 0.0652. The number of hydrogen-bond donors (Lipinski definition) is 1. The Kier molecular flexibility index (Phi) is 4.94. The monoisotopic (exact) mass is 231 g/mol. The second-order valence-corrected chi connectivity index (χ2v) is 5.13. The zero-order chi connectivity index (χ0) is 11.3. The molecule has 1 aliphatic rings. The molecule has 1 unspecified atom stereocenters. The van der Waals surface area contributed by atoms with Gasteiger partial charge in [0.15, 0.2) is 0 Å². The number of nitrogens with zero attached hydrogens (tertiary/aromatic N) is 1. The fourth-order valence-electron chi connectivity index (χ4n) is 1.61. The predicted molar refractivity (Wildman–Crippen MR) is 59.9 cm³/mol. The summed E-state index contributed by atoms with van der Waals surface area (Å²) in [5, 5.41) is 8.58. The summed E-state index contributed by atoms with van der Waals surface area (Å²) >= 11 is 1.86. The van der Waals surface area contributed by atoms with Crippen LogP contribution >= 0.6 is 11.8 Å². The number of carboxylic acids is 1. The van der Waals surface area contributed by atoms with E-state index in [4.69, 9.17) is 5.11 Å². The molecule has 1 N–H and O–H groups in total. The van der Waals surface area contributed by atoms with Crippen LogP contribution in [0.15, 0.2) is 0 Å². The number of carboxylic acid groups (broad SMARTS) is 1. The molecule has 1 atom stereocenters. The summed E-state index contributed by atoms with van der Waals surface area (Å²) in [5.41, 5.74) is 0. The highest BCUT2D eigenvalue weighted by Gasteiger charge is 2.19. The van der Waals surface area contributed by atoms with Crippen LogP contribution in [-0.2, 0) is 9.59 Å². The third-order valence-corrected chi connectivity index (χ3v) is 3.35. The largest absolute Gasteiger partial charge is 0.481 e. The van der Waals surface area contributed by atoms with Crippen molar-refractivity contribution in [1.29, 1.82) is 0 Å². The van der Waals surface area contributed by atoms with E-state index in [-0.39, 0.29) is 18.2 Å². The van der Waals surface area contributed by atoms with Crippen molar-refractivity contribution in [3.63, 3.8) is 0 Å². The van der Waals surface area contributed by atoms with E-state index in [2.05, 4.69) is 0 Å². The maximum absolute atomic E-state index is 11.7. The van der Waals surface area contributed by atoms with Crippen molar-refractivity contribution < 1.29 is 14.7 Å². The molecule has 0 radical (unpaired) electrons. The van der Waals surface area contributed by atoms with Gasteiger partial charge in [0.25, 0.3) is 0 Å². The summed E-state index contributed by atoms with van der Waals surface area (Å²) in [4.78, 5) is 24.0. The lowest BCUT2D eigenvalue weighted by atomic mass is 10.0. The minimum atomic E-state index is -0.829. The van der Waals surface area contributed by atoms with Gasteiger partial charge < -0.3 is 10.0 Å². The molecule has 5 heteroatoms. The number of aliphatic carboxylic acids is 1. The predicted octanol–water partition coefficient (Wildman–Crippen LogP) is 1.06. The Bertz CT molecular complexity index is 239. The average molecular weight is 231 g/mol. The lowest BCUT2D eigenvalue weighted by Gasteiger charge is -2.27. The molecule has 0 saturated carbocycles. The summed E-state index contributed by atoms with van der Waals surface area (Å²) in [6, 6.07) is 0. The van der Waals surface area contributed by atoms with Crippen LogP contribution in [0.25, 0.3) is 0 Å². The molecule has 0 aromatic heterocycles. The van der Waals surface area contributed by atoms with E-state index in [1.807, 2.05) is 23.6 Å². The molecule has 1 saturated heterocycles. The Hall–Kier alpha value is -0.710. The Morgan fingerprint density at radius 1 is 1.33 bits per heavy atom. The molecule has 0 bridgehead atoms. The smallest absolute Gasteiger partial charge is 0.303 e. The molecule has 1 fully saturated rings. The molecule has 0 spiro atoms. The molecular weight excluding hydrogens is 214 g/mol. The van der Waals surface area contributed by atoms with Crippen LogP contribution in [0, 0.1) is 5.92 Å². The molecule has 1 aliphatic heterocycles. The van der Waals surface area contributed by atoms with Gasteiger partial charge in [-0.25, -0.2) is 0 Å². The highest BCUT2D eigenvalue weighted by molar-refractivity contribution is 7.99. The van der Waals surface area contributed by atoms with Gasteiger partial charge in [-0.15, -0.1) is 0 Å². The average Bonchev–Trinajstić information content (AvgIpc) is 2.17. The molecule has 0 aliphatic carbocycles. The van der Waals surface area contributed by atoms with Gasteiger partial charge in [0.05, 0.1) is 0 Å². The van der Waals surface area contributed by atoms with Gasteiger partial charge in [-0.1, -0.05) is 6.92 Å². The minimum Gasteiger partial charge on any atom is -0.481 e. The third-order valence-electron chi connectivity index (χ3n) is 2.41. The van der Waals surface area contributed by atoms with E-state index in [0.717, 1.165) is 24.6 Å². The van der Waals surface area contributed by atoms with E-state index in [1.54, 1.807) is 0 Å². The van der Waals surface area contributed by atoms with Crippen molar-refractivity contribution in [3.05, 3.63) is 0 Å². The number of thioether (sulfide) groups is 1. The van der Waals surface area contributed by atoms with E-state index in [1.165, 1.54) is 0 Å². The van der Waals surface area contributed by atoms with Crippen LogP contribution in [0.2, 0.25) is 0 Å². The first kappa shape index (κ1) is 12.4. The van der Waals surface area contributed by atoms with E-state index in [9.17, 15) is 9.59 Å².